The maximum absolute atomic E-state index is 5.79. The van der Waals surface area contributed by atoms with Gasteiger partial charge in [0.1, 0.15) is 5.75 Å². The van der Waals surface area contributed by atoms with Gasteiger partial charge >= 0.3 is 0 Å². The van der Waals surface area contributed by atoms with Crippen LogP contribution in [0.1, 0.15) is 11.1 Å². The standard InChI is InChI=1S/C15H15BrO/c1-12-7-8-14(16)11-15(12)17-10-9-13-5-3-2-4-6-13/h2-8,11H,9-10H2,1H3. The second kappa shape index (κ2) is 5.87. The lowest BCUT2D eigenvalue weighted by molar-refractivity contribution is 0.319. The Bertz CT molecular complexity index is 480. The van der Waals surface area contributed by atoms with Crippen molar-refractivity contribution in [3.63, 3.8) is 0 Å². The Labute approximate surface area is 111 Å². The number of benzene rings is 2. The van der Waals surface area contributed by atoms with E-state index in [-0.39, 0.29) is 0 Å². The van der Waals surface area contributed by atoms with Crippen molar-refractivity contribution in [2.24, 2.45) is 0 Å². The number of halogens is 1. The predicted molar refractivity (Wildman–Crippen MR) is 74.5 cm³/mol. The van der Waals surface area contributed by atoms with Gasteiger partial charge in [-0.2, -0.15) is 0 Å². The van der Waals surface area contributed by atoms with Gasteiger partial charge in [-0.05, 0) is 30.2 Å². The van der Waals surface area contributed by atoms with Crippen molar-refractivity contribution in [1.82, 2.24) is 0 Å². The van der Waals surface area contributed by atoms with Crippen molar-refractivity contribution in [2.75, 3.05) is 6.61 Å². The smallest absolute Gasteiger partial charge is 0.123 e. The summed E-state index contributed by atoms with van der Waals surface area (Å²) in [6.07, 6.45) is 0.937. The SMILES string of the molecule is Cc1ccc(Br)cc1OCCc1ccccc1. The fourth-order valence-corrected chi connectivity index (χ4v) is 1.99. The molecular formula is C15H15BrO. The number of aryl methyl sites for hydroxylation is 1. The van der Waals surface area contributed by atoms with Crippen LogP contribution in [0.25, 0.3) is 0 Å². The van der Waals surface area contributed by atoms with Crippen LogP contribution in [-0.4, -0.2) is 6.61 Å². The van der Waals surface area contributed by atoms with Gasteiger partial charge in [0.25, 0.3) is 0 Å². The van der Waals surface area contributed by atoms with E-state index in [1.165, 1.54) is 11.1 Å². The molecule has 0 fully saturated rings. The van der Waals surface area contributed by atoms with E-state index >= 15 is 0 Å². The highest BCUT2D eigenvalue weighted by atomic mass is 79.9. The molecule has 2 heteroatoms. The van der Waals surface area contributed by atoms with Crippen LogP contribution in [0, 0.1) is 6.92 Å². The van der Waals surface area contributed by atoms with Gasteiger partial charge < -0.3 is 4.74 Å². The summed E-state index contributed by atoms with van der Waals surface area (Å²) in [5.41, 5.74) is 2.47. The topological polar surface area (TPSA) is 9.23 Å². The maximum Gasteiger partial charge on any atom is 0.123 e. The summed E-state index contributed by atoms with van der Waals surface area (Å²) in [4.78, 5) is 0. The zero-order chi connectivity index (χ0) is 12.1. The molecular weight excluding hydrogens is 276 g/mol. The largest absolute Gasteiger partial charge is 0.493 e. The average molecular weight is 291 g/mol. The van der Waals surface area contributed by atoms with Gasteiger partial charge in [0.2, 0.25) is 0 Å². The summed E-state index contributed by atoms with van der Waals surface area (Å²) in [6.45, 7) is 2.77. The van der Waals surface area contributed by atoms with Gasteiger partial charge in [-0.1, -0.05) is 52.3 Å². The van der Waals surface area contributed by atoms with Gasteiger partial charge in [-0.3, -0.25) is 0 Å². The average Bonchev–Trinajstić information content (AvgIpc) is 2.35. The van der Waals surface area contributed by atoms with Crippen LogP contribution in [0.2, 0.25) is 0 Å². The molecule has 0 atom stereocenters. The van der Waals surface area contributed by atoms with E-state index in [1.54, 1.807) is 0 Å². The van der Waals surface area contributed by atoms with Crippen molar-refractivity contribution in [1.29, 1.82) is 0 Å². The first-order chi connectivity index (χ1) is 8.25. The minimum absolute atomic E-state index is 0.710. The van der Waals surface area contributed by atoms with E-state index in [9.17, 15) is 0 Å². The van der Waals surface area contributed by atoms with Crippen molar-refractivity contribution < 1.29 is 4.74 Å². The van der Waals surface area contributed by atoms with E-state index in [0.717, 1.165) is 16.6 Å². The molecule has 17 heavy (non-hydrogen) atoms. The van der Waals surface area contributed by atoms with Gasteiger partial charge in [0.05, 0.1) is 6.61 Å². The third-order valence-electron chi connectivity index (χ3n) is 2.64. The van der Waals surface area contributed by atoms with E-state index in [1.807, 2.05) is 18.2 Å². The molecule has 1 nitrogen and oxygen atoms in total. The molecule has 0 heterocycles. The number of rotatable bonds is 4. The Hall–Kier alpha value is -1.28. The molecule has 0 aromatic heterocycles. The van der Waals surface area contributed by atoms with Gasteiger partial charge in [-0.25, -0.2) is 0 Å². The number of ether oxygens (including phenoxy) is 1. The van der Waals surface area contributed by atoms with E-state index < -0.39 is 0 Å². The third-order valence-corrected chi connectivity index (χ3v) is 3.13. The van der Waals surface area contributed by atoms with Crippen LogP contribution < -0.4 is 4.74 Å². The zero-order valence-corrected chi connectivity index (χ0v) is 11.4. The molecule has 88 valence electrons. The summed E-state index contributed by atoms with van der Waals surface area (Å²) < 4.78 is 6.85. The fraction of sp³-hybridized carbons (Fsp3) is 0.200. The summed E-state index contributed by atoms with van der Waals surface area (Å²) in [5, 5.41) is 0. The molecule has 0 N–H and O–H groups in total. The van der Waals surface area contributed by atoms with Crippen LogP contribution in [0.4, 0.5) is 0 Å². The summed E-state index contributed by atoms with van der Waals surface area (Å²) >= 11 is 3.45. The van der Waals surface area contributed by atoms with Crippen molar-refractivity contribution in [2.45, 2.75) is 13.3 Å². The lowest BCUT2D eigenvalue weighted by Crippen LogP contribution is -2.02. The van der Waals surface area contributed by atoms with Gasteiger partial charge in [0, 0.05) is 10.9 Å². The van der Waals surface area contributed by atoms with Crippen molar-refractivity contribution in [3.8, 4) is 5.75 Å². The van der Waals surface area contributed by atoms with Crippen LogP contribution in [0.3, 0.4) is 0 Å². The van der Waals surface area contributed by atoms with E-state index in [4.69, 9.17) is 4.74 Å². The first-order valence-electron chi connectivity index (χ1n) is 5.68. The minimum atomic E-state index is 0.710. The second-order valence-electron chi connectivity index (χ2n) is 3.99. The Morgan fingerprint density at radius 3 is 2.59 bits per heavy atom. The molecule has 0 amide bonds. The molecule has 0 unspecified atom stereocenters. The minimum Gasteiger partial charge on any atom is -0.493 e. The van der Waals surface area contributed by atoms with Crippen molar-refractivity contribution in [3.05, 3.63) is 64.1 Å². The monoisotopic (exact) mass is 290 g/mol. The van der Waals surface area contributed by atoms with Crippen molar-refractivity contribution >= 4 is 15.9 Å². The lowest BCUT2D eigenvalue weighted by atomic mass is 10.2. The van der Waals surface area contributed by atoms with Crippen LogP contribution in [0.15, 0.2) is 53.0 Å². The molecule has 2 rings (SSSR count). The molecule has 0 saturated carbocycles. The highest BCUT2D eigenvalue weighted by molar-refractivity contribution is 9.10. The summed E-state index contributed by atoms with van der Waals surface area (Å²) in [6, 6.07) is 16.5. The highest BCUT2D eigenvalue weighted by Crippen LogP contribution is 2.22. The van der Waals surface area contributed by atoms with Gasteiger partial charge in [-0.15, -0.1) is 0 Å². The Morgan fingerprint density at radius 1 is 1.06 bits per heavy atom. The molecule has 0 saturated heterocycles. The Kier molecular flexibility index (Phi) is 4.21. The lowest BCUT2D eigenvalue weighted by Gasteiger charge is -2.09. The predicted octanol–water partition coefficient (Wildman–Crippen LogP) is 4.38. The Morgan fingerprint density at radius 2 is 1.82 bits per heavy atom. The molecule has 0 aliphatic rings. The maximum atomic E-state index is 5.79. The fourth-order valence-electron chi connectivity index (χ4n) is 1.65. The Balaban J connectivity index is 1.92. The normalized spacial score (nSPS) is 10.2. The first-order valence-corrected chi connectivity index (χ1v) is 6.48. The highest BCUT2D eigenvalue weighted by Gasteiger charge is 2.00. The molecule has 2 aromatic rings. The number of hydrogen-bond donors (Lipinski definition) is 0. The van der Waals surface area contributed by atoms with E-state index in [0.29, 0.717) is 6.61 Å². The molecule has 0 aliphatic carbocycles. The summed E-state index contributed by atoms with van der Waals surface area (Å²) in [7, 11) is 0. The van der Waals surface area contributed by atoms with E-state index in [2.05, 4.69) is 53.2 Å². The second-order valence-corrected chi connectivity index (χ2v) is 4.91. The van der Waals surface area contributed by atoms with Crippen LogP contribution >= 0.6 is 15.9 Å². The summed E-state index contributed by atoms with van der Waals surface area (Å²) in [5.74, 6) is 0.954. The first kappa shape index (κ1) is 12.2. The van der Waals surface area contributed by atoms with Crippen LogP contribution in [-0.2, 0) is 6.42 Å². The molecule has 0 bridgehead atoms. The quantitative estimate of drug-likeness (QED) is 0.812. The number of hydrogen-bond acceptors (Lipinski definition) is 1. The molecule has 0 aliphatic heterocycles. The molecule has 0 spiro atoms. The molecule has 2 aromatic carbocycles. The van der Waals surface area contributed by atoms with Crippen LogP contribution in [0.5, 0.6) is 5.75 Å². The molecule has 0 radical (unpaired) electrons. The van der Waals surface area contributed by atoms with Gasteiger partial charge in [0.15, 0.2) is 0 Å². The zero-order valence-electron chi connectivity index (χ0n) is 9.82. The third kappa shape index (κ3) is 3.60.